The van der Waals surface area contributed by atoms with E-state index in [2.05, 4.69) is 20.3 Å². The molecular weight excluding hydrogens is 300 g/mol. The van der Waals surface area contributed by atoms with Crippen LogP contribution < -0.4 is 5.32 Å². The van der Waals surface area contributed by atoms with Gasteiger partial charge in [0.25, 0.3) is 0 Å². The number of aromatic nitrogens is 3. The summed E-state index contributed by atoms with van der Waals surface area (Å²) >= 11 is 0. The number of hydrogen-bond acceptors (Lipinski definition) is 3. The molecule has 0 aliphatic heterocycles. The third-order valence-electron chi connectivity index (χ3n) is 3.94. The quantitative estimate of drug-likeness (QED) is 0.606. The SMILES string of the molecule is Cc1nc2ccc(CC(=O)Nc3cccc4cccnc34)cc2[nH]1. The molecule has 5 nitrogen and oxygen atoms in total. The van der Waals surface area contributed by atoms with E-state index in [0.29, 0.717) is 6.42 Å². The fraction of sp³-hybridized carbons (Fsp3) is 0.105. The molecule has 0 aliphatic rings. The van der Waals surface area contributed by atoms with E-state index in [1.54, 1.807) is 6.20 Å². The highest BCUT2D eigenvalue weighted by Gasteiger charge is 2.09. The van der Waals surface area contributed by atoms with Gasteiger partial charge < -0.3 is 10.3 Å². The minimum Gasteiger partial charge on any atom is -0.342 e. The topological polar surface area (TPSA) is 70.7 Å². The number of nitrogens with one attached hydrogen (secondary N) is 2. The number of H-pyrrole nitrogens is 1. The number of imidazole rings is 1. The first-order chi connectivity index (χ1) is 11.7. The molecule has 24 heavy (non-hydrogen) atoms. The summed E-state index contributed by atoms with van der Waals surface area (Å²) in [5, 5.41) is 3.96. The molecule has 0 aliphatic carbocycles. The number of carbonyl (C=O) groups is 1. The standard InChI is InChI=1S/C19H16N4O/c1-12-21-15-8-7-13(10-17(15)22-12)11-18(24)23-16-6-2-4-14-5-3-9-20-19(14)16/h2-10H,11H2,1H3,(H,21,22)(H,23,24). The Hall–Kier alpha value is -3.21. The average Bonchev–Trinajstić information content (AvgIpc) is 2.94. The number of aryl methyl sites for hydroxylation is 1. The predicted molar refractivity (Wildman–Crippen MR) is 94.9 cm³/mol. The fourth-order valence-corrected chi connectivity index (χ4v) is 2.88. The lowest BCUT2D eigenvalue weighted by Crippen LogP contribution is -2.14. The Kier molecular flexibility index (Phi) is 3.46. The number of anilines is 1. The first kappa shape index (κ1) is 14.4. The van der Waals surface area contributed by atoms with E-state index in [9.17, 15) is 4.79 Å². The Balaban J connectivity index is 1.56. The summed E-state index contributed by atoms with van der Waals surface area (Å²) in [6.07, 6.45) is 2.03. The van der Waals surface area contributed by atoms with Gasteiger partial charge in [-0.25, -0.2) is 4.98 Å². The molecule has 118 valence electrons. The number of benzene rings is 2. The number of rotatable bonds is 3. The second kappa shape index (κ2) is 5.77. The molecule has 4 aromatic rings. The molecule has 0 spiro atoms. The molecule has 0 radical (unpaired) electrons. The van der Waals surface area contributed by atoms with Crippen molar-refractivity contribution in [3.63, 3.8) is 0 Å². The van der Waals surface area contributed by atoms with Crippen LogP contribution in [-0.4, -0.2) is 20.9 Å². The Bertz CT molecular complexity index is 1050. The van der Waals surface area contributed by atoms with Crippen LogP contribution in [0, 0.1) is 6.92 Å². The Morgan fingerprint density at radius 3 is 2.96 bits per heavy atom. The Morgan fingerprint density at radius 2 is 2.04 bits per heavy atom. The van der Waals surface area contributed by atoms with Gasteiger partial charge in [0, 0.05) is 11.6 Å². The number of hydrogen-bond donors (Lipinski definition) is 2. The van der Waals surface area contributed by atoms with E-state index in [1.165, 1.54) is 0 Å². The average molecular weight is 316 g/mol. The third kappa shape index (κ3) is 2.72. The van der Waals surface area contributed by atoms with Crippen molar-refractivity contribution >= 4 is 33.5 Å². The van der Waals surface area contributed by atoms with Crippen LogP contribution in [0.1, 0.15) is 11.4 Å². The minimum absolute atomic E-state index is 0.0660. The summed E-state index contributed by atoms with van der Waals surface area (Å²) < 4.78 is 0. The highest BCUT2D eigenvalue weighted by Crippen LogP contribution is 2.21. The van der Waals surface area contributed by atoms with Crippen LogP contribution >= 0.6 is 0 Å². The molecule has 2 aromatic carbocycles. The van der Waals surface area contributed by atoms with E-state index in [4.69, 9.17) is 0 Å². The van der Waals surface area contributed by atoms with Crippen molar-refractivity contribution < 1.29 is 4.79 Å². The van der Waals surface area contributed by atoms with Crippen molar-refractivity contribution in [3.8, 4) is 0 Å². The predicted octanol–water partition coefficient (Wildman–Crippen LogP) is 3.60. The molecule has 2 N–H and O–H groups in total. The third-order valence-corrected chi connectivity index (χ3v) is 3.94. The largest absolute Gasteiger partial charge is 0.342 e. The van der Waals surface area contributed by atoms with Crippen molar-refractivity contribution in [3.05, 3.63) is 66.1 Å². The summed E-state index contributed by atoms with van der Waals surface area (Å²) in [5.41, 5.74) is 4.33. The van der Waals surface area contributed by atoms with Crippen molar-refractivity contribution in [1.82, 2.24) is 15.0 Å². The first-order valence-electron chi connectivity index (χ1n) is 7.78. The highest BCUT2D eigenvalue weighted by molar-refractivity contribution is 6.01. The van der Waals surface area contributed by atoms with Crippen LogP contribution in [0.4, 0.5) is 5.69 Å². The van der Waals surface area contributed by atoms with E-state index >= 15 is 0 Å². The van der Waals surface area contributed by atoms with Crippen molar-refractivity contribution in [1.29, 1.82) is 0 Å². The Labute approximate surface area is 138 Å². The Morgan fingerprint density at radius 1 is 1.17 bits per heavy atom. The highest BCUT2D eigenvalue weighted by atomic mass is 16.1. The number of aromatic amines is 1. The van der Waals surface area contributed by atoms with Gasteiger partial charge in [-0.05, 0) is 36.8 Å². The maximum atomic E-state index is 12.4. The monoisotopic (exact) mass is 316 g/mol. The molecule has 0 saturated carbocycles. The molecule has 2 aromatic heterocycles. The number of fused-ring (bicyclic) bond motifs is 2. The van der Waals surface area contributed by atoms with Gasteiger partial charge in [-0.1, -0.05) is 24.3 Å². The molecular formula is C19H16N4O. The van der Waals surface area contributed by atoms with Gasteiger partial charge in [0.1, 0.15) is 5.82 Å². The van der Waals surface area contributed by atoms with Crippen molar-refractivity contribution in [2.45, 2.75) is 13.3 Å². The number of carbonyl (C=O) groups excluding carboxylic acids is 1. The lowest BCUT2D eigenvalue weighted by atomic mass is 10.1. The maximum absolute atomic E-state index is 12.4. The normalized spacial score (nSPS) is 11.0. The van der Waals surface area contributed by atoms with E-state index in [0.717, 1.165) is 39.0 Å². The van der Waals surface area contributed by atoms with E-state index in [-0.39, 0.29) is 5.91 Å². The summed E-state index contributed by atoms with van der Waals surface area (Å²) in [7, 11) is 0. The fourth-order valence-electron chi connectivity index (χ4n) is 2.88. The maximum Gasteiger partial charge on any atom is 0.228 e. The molecule has 0 unspecified atom stereocenters. The van der Waals surface area contributed by atoms with Gasteiger partial charge in [0.15, 0.2) is 0 Å². The van der Waals surface area contributed by atoms with Crippen LogP contribution in [0.2, 0.25) is 0 Å². The van der Waals surface area contributed by atoms with Crippen LogP contribution in [0.5, 0.6) is 0 Å². The number of para-hydroxylation sites is 1. The van der Waals surface area contributed by atoms with Crippen LogP contribution in [-0.2, 0) is 11.2 Å². The van der Waals surface area contributed by atoms with E-state index < -0.39 is 0 Å². The summed E-state index contributed by atoms with van der Waals surface area (Å²) in [5.74, 6) is 0.803. The lowest BCUT2D eigenvalue weighted by Gasteiger charge is -2.08. The van der Waals surface area contributed by atoms with Crippen LogP contribution in [0.3, 0.4) is 0 Å². The minimum atomic E-state index is -0.0660. The summed E-state index contributed by atoms with van der Waals surface area (Å²) in [6.45, 7) is 1.92. The zero-order chi connectivity index (χ0) is 16.5. The molecule has 4 rings (SSSR count). The molecule has 2 heterocycles. The lowest BCUT2D eigenvalue weighted by molar-refractivity contribution is -0.115. The van der Waals surface area contributed by atoms with Crippen LogP contribution in [0.15, 0.2) is 54.7 Å². The summed E-state index contributed by atoms with van der Waals surface area (Å²) in [6, 6.07) is 15.5. The van der Waals surface area contributed by atoms with Gasteiger partial charge in [0.05, 0.1) is 28.7 Å². The van der Waals surface area contributed by atoms with Crippen LogP contribution in [0.25, 0.3) is 21.9 Å². The zero-order valence-corrected chi connectivity index (χ0v) is 13.2. The number of pyridine rings is 1. The smallest absolute Gasteiger partial charge is 0.228 e. The van der Waals surface area contributed by atoms with E-state index in [1.807, 2.05) is 55.5 Å². The molecule has 0 bridgehead atoms. The first-order valence-corrected chi connectivity index (χ1v) is 7.78. The molecule has 0 atom stereocenters. The zero-order valence-electron chi connectivity index (χ0n) is 13.2. The number of amides is 1. The molecule has 0 saturated heterocycles. The van der Waals surface area contributed by atoms with Gasteiger partial charge in [-0.15, -0.1) is 0 Å². The van der Waals surface area contributed by atoms with Crippen molar-refractivity contribution in [2.24, 2.45) is 0 Å². The van der Waals surface area contributed by atoms with Gasteiger partial charge in [-0.2, -0.15) is 0 Å². The van der Waals surface area contributed by atoms with Gasteiger partial charge >= 0.3 is 0 Å². The number of nitrogens with zero attached hydrogens (tertiary/aromatic N) is 2. The molecule has 5 heteroatoms. The van der Waals surface area contributed by atoms with Gasteiger partial charge in [0.2, 0.25) is 5.91 Å². The second-order valence-corrected chi connectivity index (χ2v) is 5.78. The van der Waals surface area contributed by atoms with Crippen molar-refractivity contribution in [2.75, 3.05) is 5.32 Å². The molecule has 1 amide bonds. The molecule has 0 fully saturated rings. The van der Waals surface area contributed by atoms with Gasteiger partial charge in [-0.3, -0.25) is 9.78 Å². The second-order valence-electron chi connectivity index (χ2n) is 5.78. The summed E-state index contributed by atoms with van der Waals surface area (Å²) in [4.78, 5) is 24.3.